The van der Waals surface area contributed by atoms with Gasteiger partial charge in [-0.1, -0.05) is 13.0 Å². The number of nitrogen functional groups attached to an aromatic ring is 1. The first kappa shape index (κ1) is 20.1. The van der Waals surface area contributed by atoms with Crippen molar-refractivity contribution in [3.8, 4) is 0 Å². The second kappa shape index (κ2) is 7.56. The molecule has 0 bridgehead atoms. The topological polar surface area (TPSA) is 84.7 Å². The van der Waals surface area contributed by atoms with Crippen molar-refractivity contribution in [1.82, 2.24) is 5.32 Å². The van der Waals surface area contributed by atoms with Crippen molar-refractivity contribution in [1.29, 1.82) is 0 Å². The summed E-state index contributed by atoms with van der Waals surface area (Å²) in [6, 6.07) is 5.78. The Balaban J connectivity index is 2.19. The maximum Gasteiger partial charge on any atom is 0.407 e. The molecule has 2 rings (SSSR count). The molecule has 1 aliphatic rings. The number of fused-ring (bicyclic) bond motifs is 1. The van der Waals surface area contributed by atoms with Gasteiger partial charge in [0.1, 0.15) is 5.60 Å². The van der Waals surface area contributed by atoms with Gasteiger partial charge in [-0.25, -0.2) is 4.79 Å². The Morgan fingerprint density at radius 3 is 2.62 bits per heavy atom. The predicted octanol–water partition coefficient (Wildman–Crippen LogP) is 3.59. The van der Waals surface area contributed by atoms with Crippen molar-refractivity contribution in [3.63, 3.8) is 0 Å². The molecule has 2 amide bonds. The van der Waals surface area contributed by atoms with Gasteiger partial charge in [0.15, 0.2) is 0 Å². The molecule has 26 heavy (non-hydrogen) atoms. The van der Waals surface area contributed by atoms with Crippen molar-refractivity contribution in [2.45, 2.75) is 64.9 Å². The van der Waals surface area contributed by atoms with Crippen molar-refractivity contribution in [2.24, 2.45) is 0 Å². The summed E-state index contributed by atoms with van der Waals surface area (Å²) in [4.78, 5) is 25.7. The molecule has 0 aromatic heterocycles. The molecule has 1 aromatic carbocycles. The van der Waals surface area contributed by atoms with Crippen LogP contribution in [0, 0.1) is 0 Å². The summed E-state index contributed by atoms with van der Waals surface area (Å²) in [5, 5.41) is 2.86. The molecule has 1 unspecified atom stereocenters. The molecular weight excluding hydrogens is 330 g/mol. The van der Waals surface area contributed by atoms with Crippen LogP contribution in [-0.2, 0) is 14.9 Å². The van der Waals surface area contributed by atoms with Gasteiger partial charge >= 0.3 is 6.09 Å². The zero-order valence-corrected chi connectivity index (χ0v) is 16.5. The molecule has 6 nitrogen and oxygen atoms in total. The van der Waals surface area contributed by atoms with E-state index >= 15 is 0 Å². The number of rotatable bonds is 4. The van der Waals surface area contributed by atoms with Crippen molar-refractivity contribution >= 4 is 23.4 Å². The number of ether oxygens (including phenoxy) is 1. The average molecular weight is 361 g/mol. The minimum Gasteiger partial charge on any atom is -0.444 e. The molecule has 144 valence electrons. The van der Waals surface area contributed by atoms with Crippen LogP contribution in [0.25, 0.3) is 0 Å². The van der Waals surface area contributed by atoms with Gasteiger partial charge in [-0.2, -0.15) is 0 Å². The van der Waals surface area contributed by atoms with Crippen molar-refractivity contribution in [2.75, 3.05) is 23.7 Å². The Bertz CT molecular complexity index is 681. The Kier molecular flexibility index (Phi) is 5.84. The van der Waals surface area contributed by atoms with Crippen LogP contribution in [-0.4, -0.2) is 30.7 Å². The second-order valence-corrected chi connectivity index (χ2v) is 8.01. The Labute approximate surface area is 156 Å². The number of amides is 2. The number of anilines is 2. The van der Waals surface area contributed by atoms with E-state index in [4.69, 9.17) is 10.5 Å². The van der Waals surface area contributed by atoms with Gasteiger partial charge in [-0.15, -0.1) is 0 Å². The molecule has 0 radical (unpaired) electrons. The monoisotopic (exact) mass is 361 g/mol. The van der Waals surface area contributed by atoms with E-state index in [-0.39, 0.29) is 11.3 Å². The summed E-state index contributed by atoms with van der Waals surface area (Å²) < 4.78 is 5.31. The summed E-state index contributed by atoms with van der Waals surface area (Å²) in [6.45, 7) is 10.4. The van der Waals surface area contributed by atoms with Gasteiger partial charge in [0.05, 0.1) is 0 Å². The van der Waals surface area contributed by atoms with Gasteiger partial charge < -0.3 is 20.7 Å². The number of hydrogen-bond acceptors (Lipinski definition) is 4. The number of benzene rings is 1. The van der Waals surface area contributed by atoms with Crippen LogP contribution in [0.3, 0.4) is 0 Å². The first-order valence-electron chi connectivity index (χ1n) is 9.23. The molecule has 0 aliphatic carbocycles. The lowest BCUT2D eigenvalue weighted by atomic mass is 9.70. The zero-order chi connectivity index (χ0) is 19.5. The normalized spacial score (nSPS) is 19.7. The van der Waals surface area contributed by atoms with Gasteiger partial charge in [0, 0.05) is 36.8 Å². The lowest BCUT2D eigenvalue weighted by Gasteiger charge is -2.43. The largest absolute Gasteiger partial charge is 0.444 e. The van der Waals surface area contributed by atoms with Crippen LogP contribution in [0.5, 0.6) is 0 Å². The number of hydrogen-bond donors (Lipinski definition) is 2. The van der Waals surface area contributed by atoms with E-state index < -0.39 is 11.7 Å². The van der Waals surface area contributed by atoms with Crippen molar-refractivity contribution in [3.05, 3.63) is 23.8 Å². The number of carbonyl (C=O) groups is 2. The average Bonchev–Trinajstić information content (AvgIpc) is 2.52. The minimum absolute atomic E-state index is 0.0217. The van der Waals surface area contributed by atoms with E-state index in [1.807, 2.05) is 39.0 Å². The van der Waals surface area contributed by atoms with Gasteiger partial charge in [-0.3, -0.25) is 4.79 Å². The highest BCUT2D eigenvalue weighted by molar-refractivity contribution is 5.93. The lowest BCUT2D eigenvalue weighted by molar-refractivity contribution is -0.116. The molecule has 0 spiro atoms. The number of nitrogens with zero attached hydrogens (tertiary/aromatic N) is 1. The number of nitrogens with one attached hydrogen (secondary N) is 1. The Morgan fingerprint density at radius 1 is 1.35 bits per heavy atom. The summed E-state index contributed by atoms with van der Waals surface area (Å²) in [6.07, 6.45) is 2.16. The highest BCUT2D eigenvalue weighted by Crippen LogP contribution is 2.45. The molecule has 0 fully saturated rings. The number of alkyl carbamates (subject to hydrolysis) is 1. The summed E-state index contributed by atoms with van der Waals surface area (Å²) in [7, 11) is 0. The quantitative estimate of drug-likeness (QED) is 0.803. The lowest BCUT2D eigenvalue weighted by Crippen LogP contribution is -2.44. The van der Waals surface area contributed by atoms with E-state index in [1.54, 1.807) is 11.8 Å². The molecule has 1 aliphatic heterocycles. The van der Waals surface area contributed by atoms with Crippen LogP contribution >= 0.6 is 0 Å². The SMILES string of the molecule is CCC1(CCNC(=O)OC(C)(C)C)CCN(C(C)=O)c2cc(N)ccc21. The van der Waals surface area contributed by atoms with Gasteiger partial charge in [0.25, 0.3) is 0 Å². The number of nitrogens with two attached hydrogens (primary N) is 1. The molecule has 0 saturated heterocycles. The van der Waals surface area contributed by atoms with Gasteiger partial charge in [-0.05, 0) is 57.7 Å². The zero-order valence-electron chi connectivity index (χ0n) is 16.5. The van der Waals surface area contributed by atoms with Crippen LogP contribution in [0.2, 0.25) is 0 Å². The van der Waals surface area contributed by atoms with E-state index in [0.29, 0.717) is 18.8 Å². The fourth-order valence-corrected chi connectivity index (χ4v) is 3.65. The second-order valence-electron chi connectivity index (χ2n) is 8.01. The summed E-state index contributed by atoms with van der Waals surface area (Å²) in [5.74, 6) is 0.0217. The van der Waals surface area contributed by atoms with E-state index in [1.165, 1.54) is 0 Å². The Hall–Kier alpha value is -2.24. The smallest absolute Gasteiger partial charge is 0.407 e. The standard InChI is InChI=1S/C20H31N3O3/c1-6-20(9-11-22-18(25)26-19(3,4)5)10-12-23(14(2)24)17-13-15(21)7-8-16(17)20/h7-8,13H,6,9-12,21H2,1-5H3,(H,22,25). The molecule has 1 atom stereocenters. The first-order chi connectivity index (χ1) is 12.1. The van der Waals surface area contributed by atoms with Crippen LogP contribution in [0.1, 0.15) is 59.4 Å². The number of carbonyl (C=O) groups excluding carboxylic acids is 2. The van der Waals surface area contributed by atoms with Crippen molar-refractivity contribution < 1.29 is 14.3 Å². The summed E-state index contributed by atoms with van der Waals surface area (Å²) in [5.41, 5.74) is 8.02. The van der Waals surface area contributed by atoms with Crippen LogP contribution in [0.15, 0.2) is 18.2 Å². The molecular formula is C20H31N3O3. The fourth-order valence-electron chi connectivity index (χ4n) is 3.65. The molecule has 1 aromatic rings. The third kappa shape index (κ3) is 4.48. The summed E-state index contributed by atoms with van der Waals surface area (Å²) >= 11 is 0. The van der Waals surface area contributed by atoms with E-state index in [9.17, 15) is 9.59 Å². The minimum atomic E-state index is -0.510. The van der Waals surface area contributed by atoms with Crippen LogP contribution in [0.4, 0.5) is 16.2 Å². The van der Waals surface area contributed by atoms with E-state index in [0.717, 1.165) is 30.5 Å². The Morgan fingerprint density at radius 2 is 2.04 bits per heavy atom. The van der Waals surface area contributed by atoms with Crippen LogP contribution < -0.4 is 16.0 Å². The molecule has 3 N–H and O–H groups in total. The fraction of sp³-hybridized carbons (Fsp3) is 0.600. The third-order valence-electron chi connectivity index (χ3n) is 5.03. The molecule has 1 heterocycles. The molecule has 0 saturated carbocycles. The maximum atomic E-state index is 12.0. The highest BCUT2D eigenvalue weighted by atomic mass is 16.6. The van der Waals surface area contributed by atoms with E-state index in [2.05, 4.69) is 12.2 Å². The highest BCUT2D eigenvalue weighted by Gasteiger charge is 2.38. The first-order valence-corrected chi connectivity index (χ1v) is 9.23. The maximum absolute atomic E-state index is 12.0. The third-order valence-corrected chi connectivity index (χ3v) is 5.03. The molecule has 6 heteroatoms. The predicted molar refractivity (Wildman–Crippen MR) is 104 cm³/mol. The van der Waals surface area contributed by atoms with Gasteiger partial charge in [0.2, 0.25) is 5.91 Å².